The molecule has 3 rings (SSSR count). The average Bonchev–Trinajstić information content (AvgIpc) is 3.05. The molecule has 0 fully saturated rings. The number of alkyl halides is 6. The van der Waals surface area contributed by atoms with Crippen molar-refractivity contribution >= 4 is 34.8 Å². The first-order valence-electron chi connectivity index (χ1n) is 15.3. The van der Waals surface area contributed by atoms with E-state index in [9.17, 15) is 36.2 Å². The van der Waals surface area contributed by atoms with Gasteiger partial charge in [0.15, 0.2) is 0 Å². The normalized spacial score (nSPS) is 14.4. The maximum atomic E-state index is 13.4. The van der Waals surface area contributed by atoms with Crippen molar-refractivity contribution in [2.24, 2.45) is 10.9 Å². The van der Waals surface area contributed by atoms with Gasteiger partial charge in [-0.15, -0.1) is 0 Å². The minimum Gasteiger partial charge on any atom is -0.393 e. The lowest BCUT2D eigenvalue weighted by atomic mass is 9.74. The number of nitrogens with one attached hydrogen (secondary N) is 1. The highest BCUT2D eigenvalue weighted by molar-refractivity contribution is 6.42. The Morgan fingerprint density at radius 1 is 0.918 bits per heavy atom. The Hall–Kier alpha value is -3.36. The number of ether oxygens (including phenoxy) is 1. The zero-order chi connectivity index (χ0) is 36.2. The van der Waals surface area contributed by atoms with E-state index in [-0.39, 0.29) is 47.2 Å². The molecule has 0 aromatic heterocycles. The first kappa shape index (κ1) is 40.1. The van der Waals surface area contributed by atoms with E-state index in [1.54, 1.807) is 18.2 Å². The van der Waals surface area contributed by atoms with Gasteiger partial charge in [-0.3, -0.25) is 4.79 Å². The van der Waals surface area contributed by atoms with Crippen molar-refractivity contribution in [2.75, 3.05) is 32.9 Å². The number of amides is 1. The number of oxime groups is 1. The van der Waals surface area contributed by atoms with Crippen LogP contribution in [0.4, 0.5) is 26.3 Å². The smallest absolute Gasteiger partial charge is 0.393 e. The Kier molecular flexibility index (Phi) is 14.8. The molecule has 2 unspecified atom stereocenters. The number of carbonyl (C=O) groups is 1. The van der Waals surface area contributed by atoms with Gasteiger partial charge in [0.25, 0.3) is 0 Å². The second kappa shape index (κ2) is 18.0. The molecular weight excluding hydrogens is 699 g/mol. The van der Waals surface area contributed by atoms with Crippen LogP contribution in [0.3, 0.4) is 0 Å². The van der Waals surface area contributed by atoms with E-state index in [4.69, 9.17) is 38.5 Å². The third-order valence-corrected chi connectivity index (χ3v) is 8.76. The number of nitrogens with zero attached hydrogens (tertiary/aromatic N) is 1. The van der Waals surface area contributed by atoms with E-state index in [1.165, 1.54) is 0 Å². The quantitative estimate of drug-likeness (QED) is 0.0533. The van der Waals surface area contributed by atoms with Crippen molar-refractivity contribution in [3.05, 3.63) is 105 Å². The molecule has 49 heavy (non-hydrogen) atoms. The Balaban J connectivity index is 1.83. The number of primary amides is 1. The molecule has 1 amide bonds. The SMILES string of the molecule is CCC(CCNCCC(/C(COCc1cc(C(F)(F)F)cc(C(F)(F)F)c1)=N\OCCO)c1ccc(Cl)c(Cl)c1)(C(N)=O)c1ccccc1. The Bertz CT molecular complexity index is 1520. The van der Waals surface area contributed by atoms with Crippen LogP contribution in [0.5, 0.6) is 0 Å². The zero-order valence-electron chi connectivity index (χ0n) is 26.5. The summed E-state index contributed by atoms with van der Waals surface area (Å²) < 4.78 is 85.9. The van der Waals surface area contributed by atoms with Gasteiger partial charge in [0.05, 0.1) is 52.1 Å². The topological polar surface area (TPSA) is 106 Å². The van der Waals surface area contributed by atoms with Crippen LogP contribution in [0.1, 0.15) is 59.9 Å². The van der Waals surface area contributed by atoms with Gasteiger partial charge in [-0.2, -0.15) is 26.3 Å². The molecule has 0 heterocycles. The first-order chi connectivity index (χ1) is 23.1. The van der Waals surface area contributed by atoms with Crippen molar-refractivity contribution in [3.63, 3.8) is 0 Å². The van der Waals surface area contributed by atoms with Crippen LogP contribution in [0.2, 0.25) is 10.0 Å². The van der Waals surface area contributed by atoms with Gasteiger partial charge < -0.3 is 25.7 Å². The lowest BCUT2D eigenvalue weighted by Crippen LogP contribution is -2.43. The number of hydrogen-bond donors (Lipinski definition) is 3. The third kappa shape index (κ3) is 11.3. The minimum atomic E-state index is -5.01. The molecule has 0 aliphatic carbocycles. The van der Waals surface area contributed by atoms with Gasteiger partial charge in [-0.25, -0.2) is 0 Å². The predicted octanol–water partition coefficient (Wildman–Crippen LogP) is 7.90. The van der Waals surface area contributed by atoms with Crippen molar-refractivity contribution in [3.8, 4) is 0 Å². The number of hydrogen-bond acceptors (Lipinski definition) is 6. The number of aliphatic hydroxyl groups excluding tert-OH is 1. The highest BCUT2D eigenvalue weighted by Gasteiger charge is 2.37. The molecule has 0 bridgehead atoms. The maximum absolute atomic E-state index is 13.4. The van der Waals surface area contributed by atoms with Crippen molar-refractivity contribution in [1.82, 2.24) is 5.32 Å². The summed E-state index contributed by atoms with van der Waals surface area (Å²) in [6.45, 7) is 1.12. The molecule has 0 aliphatic rings. The van der Waals surface area contributed by atoms with Crippen LogP contribution in [0.15, 0.2) is 71.9 Å². The average molecular weight is 737 g/mol. The van der Waals surface area contributed by atoms with E-state index < -0.39 is 47.3 Å². The van der Waals surface area contributed by atoms with E-state index >= 15 is 0 Å². The molecule has 15 heteroatoms. The highest BCUT2D eigenvalue weighted by Crippen LogP contribution is 2.37. The van der Waals surface area contributed by atoms with Gasteiger partial charge in [0.1, 0.15) is 6.61 Å². The fourth-order valence-corrected chi connectivity index (χ4v) is 5.69. The highest BCUT2D eigenvalue weighted by atomic mass is 35.5. The lowest BCUT2D eigenvalue weighted by molar-refractivity contribution is -0.143. The Labute approximate surface area is 290 Å². The van der Waals surface area contributed by atoms with E-state index in [1.807, 2.05) is 37.3 Å². The number of carbonyl (C=O) groups excluding carboxylic acids is 1. The summed E-state index contributed by atoms with van der Waals surface area (Å²) in [5.74, 6) is -1.04. The second-order valence-corrected chi connectivity index (χ2v) is 12.0. The molecule has 0 saturated carbocycles. The summed E-state index contributed by atoms with van der Waals surface area (Å²) in [7, 11) is 0. The first-order valence-corrected chi connectivity index (χ1v) is 16.0. The van der Waals surface area contributed by atoms with Gasteiger partial charge in [0.2, 0.25) is 5.91 Å². The van der Waals surface area contributed by atoms with Gasteiger partial charge in [-0.1, -0.05) is 71.7 Å². The summed E-state index contributed by atoms with van der Waals surface area (Å²) in [6.07, 6.45) is -8.80. The van der Waals surface area contributed by atoms with E-state index in [0.29, 0.717) is 50.0 Å². The monoisotopic (exact) mass is 735 g/mol. The van der Waals surface area contributed by atoms with E-state index in [2.05, 4.69) is 10.5 Å². The number of nitrogens with two attached hydrogens (primary N) is 1. The number of rotatable bonds is 18. The molecule has 0 spiro atoms. The second-order valence-electron chi connectivity index (χ2n) is 11.2. The predicted molar refractivity (Wildman–Crippen MR) is 175 cm³/mol. The summed E-state index contributed by atoms with van der Waals surface area (Å²) >= 11 is 12.4. The van der Waals surface area contributed by atoms with Crippen molar-refractivity contribution < 1.29 is 45.8 Å². The number of aliphatic hydroxyl groups is 1. The molecule has 4 N–H and O–H groups in total. The molecule has 268 valence electrons. The van der Waals surface area contributed by atoms with Gasteiger partial charge >= 0.3 is 12.4 Å². The zero-order valence-corrected chi connectivity index (χ0v) is 28.0. The molecule has 0 aliphatic heterocycles. The third-order valence-electron chi connectivity index (χ3n) is 8.02. The standard InChI is InChI=1S/C34H37Cl2F6N3O4/c1-2-32(31(43)47,24-6-4-3-5-7-24)11-13-44-12-10-27(23-8-9-28(35)29(36)18-23)30(45-49-15-14-46)21-48-20-22-16-25(33(37,38)39)19-26(17-22)34(40,41)42/h3-9,16-19,27,44,46H,2,10-15,20-21H2,1H3,(H2,43,47)/b45-30-. The Morgan fingerprint density at radius 3 is 2.12 bits per heavy atom. The fourth-order valence-electron chi connectivity index (χ4n) is 5.39. The van der Waals surface area contributed by atoms with Crippen molar-refractivity contribution in [1.29, 1.82) is 0 Å². The molecule has 0 radical (unpaired) electrons. The lowest BCUT2D eigenvalue weighted by Gasteiger charge is -2.30. The largest absolute Gasteiger partial charge is 0.416 e. The summed E-state index contributed by atoms with van der Waals surface area (Å²) in [5, 5.41) is 17.2. The van der Waals surface area contributed by atoms with Crippen LogP contribution in [-0.4, -0.2) is 49.6 Å². The van der Waals surface area contributed by atoms with Gasteiger partial charge in [0, 0.05) is 5.92 Å². The number of benzene rings is 3. The van der Waals surface area contributed by atoms with Crippen molar-refractivity contribution in [2.45, 2.75) is 56.5 Å². The summed E-state index contributed by atoms with van der Waals surface area (Å²) in [5.41, 5.74) is 3.34. The molecular formula is C34H37Cl2F6N3O4. The molecule has 2 atom stereocenters. The number of halogens is 8. The minimum absolute atomic E-state index is 0.0419. The van der Waals surface area contributed by atoms with E-state index in [0.717, 1.165) is 5.56 Å². The molecule has 3 aromatic carbocycles. The van der Waals surface area contributed by atoms with Crippen LogP contribution < -0.4 is 11.1 Å². The molecule has 0 saturated heterocycles. The summed E-state index contributed by atoms with van der Waals surface area (Å²) in [6, 6.07) is 15.3. The van der Waals surface area contributed by atoms with Crippen LogP contribution in [0, 0.1) is 0 Å². The maximum Gasteiger partial charge on any atom is 0.416 e. The van der Waals surface area contributed by atoms with Crippen LogP contribution in [-0.2, 0) is 38.7 Å². The summed E-state index contributed by atoms with van der Waals surface area (Å²) in [4.78, 5) is 17.8. The molecule has 3 aromatic rings. The molecule has 7 nitrogen and oxygen atoms in total. The van der Waals surface area contributed by atoms with Gasteiger partial charge in [-0.05, 0) is 79.4 Å². The van der Waals surface area contributed by atoms with Crippen LogP contribution >= 0.6 is 23.2 Å². The fraction of sp³-hybridized carbons (Fsp3) is 0.412. The Morgan fingerprint density at radius 2 is 1.57 bits per heavy atom. The van der Waals surface area contributed by atoms with Crippen LogP contribution in [0.25, 0.3) is 0 Å².